The molecule has 6 nitrogen and oxygen atoms in total. The number of aromatic nitrogens is 2. The summed E-state index contributed by atoms with van der Waals surface area (Å²) in [4.78, 5) is 25.3. The number of carbonyl (C=O) groups excluding carboxylic acids is 1. The zero-order valence-corrected chi connectivity index (χ0v) is 16.7. The van der Waals surface area contributed by atoms with Crippen LogP contribution >= 0.6 is 0 Å². The number of hydrogen-bond acceptors (Lipinski definition) is 4. The number of nitrogens with one attached hydrogen (secondary N) is 1. The number of rotatable bonds is 6. The molecular weight excluding hydrogens is 352 g/mol. The molecule has 3 heterocycles. The van der Waals surface area contributed by atoms with Crippen LogP contribution in [0.1, 0.15) is 53.6 Å². The van der Waals surface area contributed by atoms with Crippen LogP contribution < -0.4 is 4.74 Å². The highest BCUT2D eigenvalue weighted by molar-refractivity contribution is 5.94. The number of hydrogen-bond donors (Lipinski definition) is 1. The first-order valence-corrected chi connectivity index (χ1v) is 10.5. The average molecular weight is 383 g/mol. The van der Waals surface area contributed by atoms with Crippen LogP contribution in [0.2, 0.25) is 0 Å². The number of nitrogens with zero attached hydrogens (tertiary/aromatic N) is 3. The topological polar surface area (TPSA) is 61.5 Å². The Hall–Kier alpha value is -2.34. The van der Waals surface area contributed by atoms with Crippen LogP contribution in [0.5, 0.6) is 5.75 Å². The second-order valence-corrected chi connectivity index (χ2v) is 7.80. The molecule has 1 saturated heterocycles. The molecule has 1 fully saturated rings. The molecule has 2 aliphatic rings. The Bertz CT molecular complexity index is 817. The van der Waals surface area contributed by atoms with Crippen molar-refractivity contribution in [1.29, 1.82) is 0 Å². The summed E-state index contributed by atoms with van der Waals surface area (Å²) in [6.07, 6.45) is 7.23. The van der Waals surface area contributed by atoms with E-state index in [0.717, 1.165) is 81.3 Å². The number of imidazole rings is 1. The molecule has 6 heteroatoms. The van der Waals surface area contributed by atoms with E-state index < -0.39 is 0 Å². The van der Waals surface area contributed by atoms with Gasteiger partial charge in [-0.1, -0.05) is 13.3 Å². The van der Waals surface area contributed by atoms with Gasteiger partial charge in [0, 0.05) is 63.0 Å². The lowest BCUT2D eigenvalue weighted by Crippen LogP contribution is -2.35. The number of unbranched alkanes of at least 4 members (excludes halogenated alkanes) is 1. The summed E-state index contributed by atoms with van der Waals surface area (Å²) in [5.41, 5.74) is 3.11. The fraction of sp³-hybridized carbons (Fsp3) is 0.545. The lowest BCUT2D eigenvalue weighted by molar-refractivity contribution is 0.0761. The summed E-state index contributed by atoms with van der Waals surface area (Å²) in [6.45, 7) is 7.27. The van der Waals surface area contributed by atoms with Gasteiger partial charge in [-0.05, 0) is 36.6 Å². The molecule has 1 aromatic heterocycles. The standard InChI is InChI=1S/C22H30N4O2/c1-2-3-5-21-23-15-19(24-21)16-25-9-4-10-26(12-11-25)22(27)18-6-7-20-17(14-18)8-13-28-20/h6-7,14-15H,2-5,8-13,16H2,1H3,(H,23,24). The SMILES string of the molecule is CCCCc1ncc(CN2CCCN(C(=O)c3ccc4c(c3)CCO4)CC2)[nH]1. The molecule has 1 amide bonds. The van der Waals surface area contributed by atoms with Gasteiger partial charge in [-0.15, -0.1) is 0 Å². The van der Waals surface area contributed by atoms with Crippen LogP contribution in [0.25, 0.3) is 0 Å². The lowest BCUT2D eigenvalue weighted by Gasteiger charge is -2.22. The van der Waals surface area contributed by atoms with Crippen LogP contribution in [-0.4, -0.2) is 58.5 Å². The number of carbonyl (C=O) groups is 1. The fourth-order valence-electron chi connectivity index (χ4n) is 4.03. The Kier molecular flexibility index (Phi) is 5.95. The summed E-state index contributed by atoms with van der Waals surface area (Å²) < 4.78 is 5.55. The molecule has 2 aliphatic heterocycles. The van der Waals surface area contributed by atoms with E-state index in [-0.39, 0.29) is 5.91 Å². The largest absolute Gasteiger partial charge is 0.493 e. The fourth-order valence-corrected chi connectivity index (χ4v) is 4.03. The number of benzene rings is 1. The van der Waals surface area contributed by atoms with Gasteiger partial charge in [0.15, 0.2) is 0 Å². The highest BCUT2D eigenvalue weighted by Gasteiger charge is 2.22. The lowest BCUT2D eigenvalue weighted by atomic mass is 10.1. The first-order valence-electron chi connectivity index (χ1n) is 10.5. The predicted octanol–water partition coefficient (Wildman–Crippen LogP) is 3.04. The van der Waals surface area contributed by atoms with Gasteiger partial charge in [-0.25, -0.2) is 4.98 Å². The number of H-pyrrole nitrogens is 1. The molecule has 0 atom stereocenters. The van der Waals surface area contributed by atoms with E-state index in [0.29, 0.717) is 0 Å². The monoisotopic (exact) mass is 382 g/mol. The molecule has 4 rings (SSSR count). The molecular formula is C22H30N4O2. The highest BCUT2D eigenvalue weighted by Crippen LogP contribution is 2.26. The zero-order chi connectivity index (χ0) is 19.3. The smallest absolute Gasteiger partial charge is 0.253 e. The van der Waals surface area contributed by atoms with Crippen molar-refractivity contribution < 1.29 is 9.53 Å². The summed E-state index contributed by atoms with van der Waals surface area (Å²) in [5, 5.41) is 0. The Morgan fingerprint density at radius 2 is 2.18 bits per heavy atom. The molecule has 1 aromatic carbocycles. The van der Waals surface area contributed by atoms with Gasteiger partial charge in [0.1, 0.15) is 11.6 Å². The Morgan fingerprint density at radius 1 is 1.25 bits per heavy atom. The highest BCUT2D eigenvalue weighted by atomic mass is 16.5. The van der Waals surface area contributed by atoms with Crippen molar-refractivity contribution in [3.63, 3.8) is 0 Å². The van der Waals surface area contributed by atoms with Crippen molar-refractivity contribution >= 4 is 5.91 Å². The summed E-state index contributed by atoms with van der Waals surface area (Å²) in [7, 11) is 0. The van der Waals surface area contributed by atoms with E-state index in [2.05, 4.69) is 21.8 Å². The van der Waals surface area contributed by atoms with Gasteiger partial charge in [0.25, 0.3) is 5.91 Å². The van der Waals surface area contributed by atoms with Crippen LogP contribution in [0.4, 0.5) is 0 Å². The van der Waals surface area contributed by atoms with Gasteiger partial charge in [0.2, 0.25) is 0 Å². The zero-order valence-electron chi connectivity index (χ0n) is 16.7. The first kappa shape index (κ1) is 19.0. The Morgan fingerprint density at radius 3 is 3.07 bits per heavy atom. The van der Waals surface area contributed by atoms with Gasteiger partial charge in [0.05, 0.1) is 6.61 Å². The molecule has 1 N–H and O–H groups in total. The Balaban J connectivity index is 1.33. The third kappa shape index (κ3) is 4.38. The molecule has 0 radical (unpaired) electrons. The van der Waals surface area contributed by atoms with Crippen molar-refractivity contribution in [2.45, 2.75) is 45.6 Å². The molecule has 0 saturated carbocycles. The van der Waals surface area contributed by atoms with E-state index in [1.54, 1.807) is 0 Å². The number of amides is 1. The first-order chi connectivity index (χ1) is 13.7. The Labute approximate surface area is 166 Å². The molecule has 0 bridgehead atoms. The predicted molar refractivity (Wildman–Crippen MR) is 109 cm³/mol. The van der Waals surface area contributed by atoms with Gasteiger partial charge in [-0.3, -0.25) is 9.69 Å². The summed E-state index contributed by atoms with van der Waals surface area (Å²) in [5.74, 6) is 2.15. The number of aromatic amines is 1. The number of ether oxygens (including phenoxy) is 1. The van der Waals surface area contributed by atoms with E-state index in [1.807, 2.05) is 29.3 Å². The van der Waals surface area contributed by atoms with Crippen LogP contribution in [-0.2, 0) is 19.4 Å². The second kappa shape index (κ2) is 8.78. The minimum Gasteiger partial charge on any atom is -0.493 e. The number of aryl methyl sites for hydroxylation is 1. The molecule has 150 valence electrons. The minimum absolute atomic E-state index is 0.139. The normalized spacial score (nSPS) is 17.2. The van der Waals surface area contributed by atoms with E-state index >= 15 is 0 Å². The quantitative estimate of drug-likeness (QED) is 0.834. The average Bonchev–Trinajstić information content (AvgIpc) is 3.30. The summed E-state index contributed by atoms with van der Waals surface area (Å²) >= 11 is 0. The van der Waals surface area contributed by atoms with Gasteiger partial charge in [-0.2, -0.15) is 0 Å². The van der Waals surface area contributed by atoms with Crippen LogP contribution in [0.15, 0.2) is 24.4 Å². The maximum atomic E-state index is 13.0. The molecule has 0 unspecified atom stereocenters. The van der Waals surface area contributed by atoms with Gasteiger partial charge < -0.3 is 14.6 Å². The van der Waals surface area contributed by atoms with Crippen molar-refractivity contribution in [3.05, 3.63) is 47.0 Å². The van der Waals surface area contributed by atoms with E-state index in [9.17, 15) is 4.79 Å². The molecule has 0 aliphatic carbocycles. The van der Waals surface area contributed by atoms with Crippen molar-refractivity contribution in [3.8, 4) is 5.75 Å². The van der Waals surface area contributed by atoms with Crippen molar-refractivity contribution in [1.82, 2.24) is 19.8 Å². The third-order valence-electron chi connectivity index (χ3n) is 5.65. The minimum atomic E-state index is 0.139. The molecule has 2 aromatic rings. The van der Waals surface area contributed by atoms with Crippen LogP contribution in [0.3, 0.4) is 0 Å². The van der Waals surface area contributed by atoms with E-state index in [4.69, 9.17) is 4.74 Å². The van der Waals surface area contributed by atoms with Crippen molar-refractivity contribution in [2.75, 3.05) is 32.8 Å². The van der Waals surface area contributed by atoms with E-state index in [1.165, 1.54) is 18.5 Å². The third-order valence-corrected chi connectivity index (χ3v) is 5.65. The number of fused-ring (bicyclic) bond motifs is 1. The maximum Gasteiger partial charge on any atom is 0.253 e. The van der Waals surface area contributed by atoms with Crippen LogP contribution in [0, 0.1) is 0 Å². The molecule has 0 spiro atoms. The van der Waals surface area contributed by atoms with Crippen molar-refractivity contribution in [2.24, 2.45) is 0 Å². The second-order valence-electron chi connectivity index (χ2n) is 7.80. The summed E-state index contributed by atoms with van der Waals surface area (Å²) in [6, 6.07) is 5.85. The maximum absolute atomic E-state index is 13.0. The molecule has 28 heavy (non-hydrogen) atoms. The van der Waals surface area contributed by atoms with Gasteiger partial charge >= 0.3 is 0 Å².